The summed E-state index contributed by atoms with van der Waals surface area (Å²) >= 11 is 0. The molecule has 0 spiro atoms. The van der Waals surface area contributed by atoms with Crippen LogP contribution in [-0.2, 0) is 9.59 Å². The predicted octanol–water partition coefficient (Wildman–Crippen LogP) is 2.81. The van der Waals surface area contributed by atoms with Crippen LogP contribution in [0.1, 0.15) is 17.3 Å². The van der Waals surface area contributed by atoms with E-state index in [1.54, 1.807) is 24.3 Å². The van der Waals surface area contributed by atoms with E-state index in [2.05, 4.69) is 0 Å². The topological polar surface area (TPSA) is 82.4 Å². The maximum absolute atomic E-state index is 13.3. The Kier molecular flexibility index (Phi) is 4.24. The number of rotatable bonds is 3. The third kappa shape index (κ3) is 2.75. The number of carbonyl (C=O) groups is 3. The minimum absolute atomic E-state index is 0.122. The Labute approximate surface area is 160 Å². The lowest BCUT2D eigenvalue weighted by molar-refractivity contribution is -0.141. The van der Waals surface area contributed by atoms with Crippen LogP contribution in [0.5, 0.6) is 5.75 Å². The van der Waals surface area contributed by atoms with Crippen LogP contribution in [0.15, 0.2) is 71.5 Å². The van der Waals surface area contributed by atoms with E-state index < -0.39 is 29.0 Å². The van der Waals surface area contributed by atoms with Crippen molar-refractivity contribution in [3.63, 3.8) is 0 Å². The summed E-state index contributed by atoms with van der Waals surface area (Å²) in [5, 5.41) is 0. The second-order valence-electron chi connectivity index (χ2n) is 6.44. The van der Waals surface area contributed by atoms with Crippen molar-refractivity contribution in [2.45, 2.75) is 6.92 Å². The summed E-state index contributed by atoms with van der Waals surface area (Å²) in [6, 6.07) is 19.4. The lowest BCUT2D eigenvalue weighted by atomic mass is 9.91. The van der Waals surface area contributed by atoms with E-state index in [0.29, 0.717) is 16.9 Å². The summed E-state index contributed by atoms with van der Waals surface area (Å²) in [5.74, 6) is -4.16. The number of pyridine rings is 1. The molecule has 2 aromatic carbocycles. The summed E-state index contributed by atoms with van der Waals surface area (Å²) < 4.78 is 6.61. The van der Waals surface area contributed by atoms with Gasteiger partial charge in [0.2, 0.25) is 0 Å². The first-order valence-corrected chi connectivity index (χ1v) is 8.66. The quantitative estimate of drug-likeness (QED) is 0.521. The first kappa shape index (κ1) is 17.6. The highest BCUT2D eigenvalue weighted by Gasteiger charge is 2.42. The molecule has 0 saturated carbocycles. The molecule has 1 aliphatic rings. The zero-order chi connectivity index (χ0) is 19.8. The van der Waals surface area contributed by atoms with Crippen molar-refractivity contribution >= 4 is 17.5 Å². The molecule has 138 valence electrons. The van der Waals surface area contributed by atoms with Crippen molar-refractivity contribution in [3.8, 4) is 22.7 Å². The van der Waals surface area contributed by atoms with Crippen molar-refractivity contribution in [2.75, 3.05) is 0 Å². The molecule has 0 bridgehead atoms. The zero-order valence-electron chi connectivity index (χ0n) is 14.9. The molecule has 2 heterocycles. The van der Waals surface area contributed by atoms with Gasteiger partial charge in [0.25, 0.3) is 5.56 Å². The standard InChI is InChI=1S/C22H15NO5/c1-13(24)18-20(25)19-17(28-22(18)27)12-16(14-8-4-2-5-9-14)23(21(19)26)15-10-6-3-7-11-15/h2-12,18H,1H3. The number of aromatic nitrogens is 1. The van der Waals surface area contributed by atoms with Gasteiger partial charge in [-0.3, -0.25) is 23.7 Å². The van der Waals surface area contributed by atoms with Gasteiger partial charge in [0.1, 0.15) is 11.3 Å². The van der Waals surface area contributed by atoms with Gasteiger partial charge in [-0.2, -0.15) is 0 Å². The highest BCUT2D eigenvalue weighted by molar-refractivity contribution is 6.25. The molecule has 3 aromatic rings. The van der Waals surface area contributed by atoms with Crippen LogP contribution in [0.2, 0.25) is 0 Å². The minimum atomic E-state index is -1.60. The van der Waals surface area contributed by atoms with Crippen molar-refractivity contribution in [3.05, 3.63) is 82.6 Å². The van der Waals surface area contributed by atoms with Gasteiger partial charge in [-0.05, 0) is 24.6 Å². The summed E-state index contributed by atoms with van der Waals surface area (Å²) in [5.41, 5.74) is 0.814. The van der Waals surface area contributed by atoms with Crippen molar-refractivity contribution < 1.29 is 19.1 Å². The van der Waals surface area contributed by atoms with Crippen LogP contribution in [0.4, 0.5) is 0 Å². The predicted molar refractivity (Wildman–Crippen MR) is 102 cm³/mol. The Morgan fingerprint density at radius 3 is 2.14 bits per heavy atom. The van der Waals surface area contributed by atoms with E-state index in [9.17, 15) is 19.2 Å². The number of benzene rings is 2. The van der Waals surface area contributed by atoms with E-state index in [4.69, 9.17) is 4.74 Å². The third-order valence-corrected chi connectivity index (χ3v) is 4.62. The van der Waals surface area contributed by atoms with E-state index >= 15 is 0 Å². The number of hydrogen-bond donors (Lipinski definition) is 0. The monoisotopic (exact) mass is 373 g/mol. The maximum atomic E-state index is 13.3. The van der Waals surface area contributed by atoms with Crippen LogP contribution in [-0.4, -0.2) is 22.1 Å². The van der Waals surface area contributed by atoms with E-state index in [0.717, 1.165) is 6.92 Å². The highest BCUT2D eigenvalue weighted by Crippen LogP contribution is 2.32. The Morgan fingerprint density at radius 2 is 1.54 bits per heavy atom. The first-order chi connectivity index (χ1) is 13.5. The molecular weight excluding hydrogens is 358 g/mol. The Bertz CT molecular complexity index is 1160. The van der Waals surface area contributed by atoms with Gasteiger partial charge >= 0.3 is 5.97 Å². The Hall–Kier alpha value is -3.80. The molecule has 1 atom stereocenters. The van der Waals surface area contributed by atoms with Crippen LogP contribution >= 0.6 is 0 Å². The molecule has 1 aromatic heterocycles. The maximum Gasteiger partial charge on any atom is 0.329 e. The summed E-state index contributed by atoms with van der Waals surface area (Å²) in [6.45, 7) is 1.13. The average Bonchev–Trinajstić information content (AvgIpc) is 2.68. The molecular formula is C22H15NO5. The van der Waals surface area contributed by atoms with Gasteiger partial charge in [0, 0.05) is 11.8 Å². The summed E-state index contributed by atoms with van der Waals surface area (Å²) in [4.78, 5) is 50.0. The van der Waals surface area contributed by atoms with Gasteiger partial charge in [0.05, 0.1) is 5.69 Å². The fraction of sp³-hybridized carbons (Fsp3) is 0.0909. The number of hydrogen-bond acceptors (Lipinski definition) is 5. The second-order valence-corrected chi connectivity index (χ2v) is 6.44. The van der Waals surface area contributed by atoms with Crippen LogP contribution < -0.4 is 10.3 Å². The van der Waals surface area contributed by atoms with Crippen LogP contribution in [0.25, 0.3) is 16.9 Å². The number of ether oxygens (including phenoxy) is 1. The normalized spacial score (nSPS) is 15.7. The molecule has 1 unspecified atom stereocenters. The molecule has 6 heteroatoms. The summed E-state index contributed by atoms with van der Waals surface area (Å²) in [7, 11) is 0. The smallest absolute Gasteiger partial charge is 0.329 e. The number of para-hydroxylation sites is 1. The molecule has 0 fully saturated rings. The average molecular weight is 373 g/mol. The lowest BCUT2D eigenvalue weighted by Crippen LogP contribution is -2.42. The molecule has 1 aliphatic heterocycles. The van der Waals surface area contributed by atoms with Crippen molar-refractivity contribution in [2.24, 2.45) is 5.92 Å². The number of nitrogens with zero attached hydrogens (tertiary/aromatic N) is 1. The van der Waals surface area contributed by atoms with Gasteiger partial charge in [-0.15, -0.1) is 0 Å². The third-order valence-electron chi connectivity index (χ3n) is 4.62. The molecule has 6 nitrogen and oxygen atoms in total. The molecule has 0 N–H and O–H groups in total. The Balaban J connectivity index is 2.06. The fourth-order valence-corrected chi connectivity index (χ4v) is 3.32. The minimum Gasteiger partial charge on any atom is -0.425 e. The second kappa shape index (κ2) is 6.74. The number of fused-ring (bicyclic) bond motifs is 1. The first-order valence-electron chi connectivity index (χ1n) is 8.66. The fourth-order valence-electron chi connectivity index (χ4n) is 3.32. The zero-order valence-corrected chi connectivity index (χ0v) is 14.9. The largest absolute Gasteiger partial charge is 0.425 e. The molecule has 0 radical (unpaired) electrons. The highest BCUT2D eigenvalue weighted by atomic mass is 16.5. The number of ketones is 2. The van der Waals surface area contributed by atoms with Crippen molar-refractivity contribution in [1.82, 2.24) is 4.57 Å². The van der Waals surface area contributed by atoms with Crippen LogP contribution in [0, 0.1) is 5.92 Å². The van der Waals surface area contributed by atoms with E-state index in [1.807, 2.05) is 36.4 Å². The SMILES string of the molecule is CC(=O)C1C(=O)Oc2cc(-c3ccccc3)n(-c3ccccc3)c(=O)c2C1=O. The Morgan fingerprint density at radius 1 is 0.929 bits per heavy atom. The molecule has 0 amide bonds. The van der Waals surface area contributed by atoms with Crippen molar-refractivity contribution in [1.29, 1.82) is 0 Å². The van der Waals surface area contributed by atoms with Gasteiger partial charge in [-0.1, -0.05) is 48.5 Å². The number of carbonyl (C=O) groups excluding carboxylic acids is 3. The van der Waals surface area contributed by atoms with Gasteiger partial charge < -0.3 is 4.74 Å². The lowest BCUT2D eigenvalue weighted by Gasteiger charge is -2.23. The molecule has 4 rings (SSSR count). The number of Topliss-reactive ketones (excluding diaryl/α,β-unsaturated/α-hetero) is 2. The number of esters is 1. The van der Waals surface area contributed by atoms with Gasteiger partial charge in [0.15, 0.2) is 17.5 Å². The van der Waals surface area contributed by atoms with Crippen LogP contribution in [0.3, 0.4) is 0 Å². The summed E-state index contributed by atoms with van der Waals surface area (Å²) in [6.07, 6.45) is 0. The molecule has 0 saturated heterocycles. The van der Waals surface area contributed by atoms with E-state index in [1.165, 1.54) is 10.6 Å². The van der Waals surface area contributed by atoms with E-state index in [-0.39, 0.29) is 11.3 Å². The molecule has 28 heavy (non-hydrogen) atoms. The molecule has 0 aliphatic carbocycles. The van der Waals surface area contributed by atoms with Gasteiger partial charge in [-0.25, -0.2) is 0 Å².